The molecule has 0 spiro atoms. The van der Waals surface area contributed by atoms with Crippen LogP contribution in [0.15, 0.2) is 29.3 Å². The van der Waals surface area contributed by atoms with Crippen LogP contribution in [0.25, 0.3) is 0 Å². The van der Waals surface area contributed by atoms with E-state index in [4.69, 9.17) is 0 Å². The molecule has 0 radical (unpaired) electrons. The number of nitrogens with zero attached hydrogens (tertiary/aromatic N) is 1. The van der Waals surface area contributed by atoms with Gasteiger partial charge in [0, 0.05) is 20.1 Å². The number of nitrogens with one attached hydrogen (secondary N) is 2. The highest BCUT2D eigenvalue weighted by atomic mass is 127. The maximum absolute atomic E-state index is 13.0. The number of hydrogen-bond acceptors (Lipinski definition) is 1. The lowest BCUT2D eigenvalue weighted by molar-refractivity contribution is 0.625. The van der Waals surface area contributed by atoms with Crippen LogP contribution in [0.2, 0.25) is 0 Å². The average molecular weight is 393 g/mol. The Kier molecular flexibility index (Phi) is 11.4. The molecule has 0 heterocycles. The maximum Gasteiger partial charge on any atom is 0.190 e. The summed E-state index contributed by atoms with van der Waals surface area (Å²) in [7, 11) is 1.76. The molecule has 1 aromatic rings. The van der Waals surface area contributed by atoms with Gasteiger partial charge in [-0.05, 0) is 30.5 Å². The molecule has 0 atom stereocenters. The summed E-state index contributed by atoms with van der Waals surface area (Å²) < 4.78 is 13.0. The van der Waals surface area contributed by atoms with E-state index in [0.29, 0.717) is 0 Å². The highest BCUT2D eigenvalue weighted by Crippen LogP contribution is 2.03. The van der Waals surface area contributed by atoms with Crippen LogP contribution in [0.1, 0.15) is 31.7 Å². The maximum atomic E-state index is 13.0. The van der Waals surface area contributed by atoms with Crippen LogP contribution in [-0.2, 0) is 6.42 Å². The summed E-state index contributed by atoms with van der Waals surface area (Å²) in [5.41, 5.74) is 0.994. The zero-order valence-corrected chi connectivity index (χ0v) is 14.6. The summed E-state index contributed by atoms with van der Waals surface area (Å²) in [5.74, 6) is 0.632. The number of unbranched alkanes of at least 4 members (excludes halogenated alkanes) is 2. The summed E-state index contributed by atoms with van der Waals surface area (Å²) in [6.07, 6.45) is 4.38. The van der Waals surface area contributed by atoms with E-state index in [9.17, 15) is 4.39 Å². The van der Waals surface area contributed by atoms with E-state index < -0.39 is 0 Å². The zero-order valence-electron chi connectivity index (χ0n) is 12.3. The molecule has 0 fully saturated rings. The second kappa shape index (κ2) is 11.9. The number of rotatable bonds is 7. The van der Waals surface area contributed by atoms with Crippen molar-refractivity contribution in [3.8, 4) is 0 Å². The van der Waals surface area contributed by atoms with Crippen LogP contribution in [0.4, 0.5) is 4.39 Å². The summed E-state index contributed by atoms with van der Waals surface area (Å²) in [6, 6.07) is 6.70. The van der Waals surface area contributed by atoms with Crippen molar-refractivity contribution in [1.29, 1.82) is 0 Å². The molecule has 0 bridgehead atoms. The molecule has 2 N–H and O–H groups in total. The number of hydrogen-bond donors (Lipinski definition) is 2. The smallest absolute Gasteiger partial charge is 0.190 e. The lowest BCUT2D eigenvalue weighted by atomic mass is 10.1. The SMILES string of the molecule is CCCCCNC(=NC)NCCc1cccc(F)c1.I. The van der Waals surface area contributed by atoms with Crippen molar-refractivity contribution in [1.82, 2.24) is 10.6 Å². The van der Waals surface area contributed by atoms with Gasteiger partial charge in [0.15, 0.2) is 5.96 Å². The second-order valence-corrected chi connectivity index (χ2v) is 4.51. The molecule has 0 aromatic heterocycles. The Morgan fingerprint density at radius 1 is 1.20 bits per heavy atom. The molecule has 3 nitrogen and oxygen atoms in total. The predicted molar refractivity (Wildman–Crippen MR) is 94.4 cm³/mol. The predicted octanol–water partition coefficient (Wildman–Crippen LogP) is 3.34. The van der Waals surface area contributed by atoms with Crippen molar-refractivity contribution in [3.63, 3.8) is 0 Å². The van der Waals surface area contributed by atoms with Crippen molar-refractivity contribution >= 4 is 29.9 Å². The van der Waals surface area contributed by atoms with Gasteiger partial charge in [-0.1, -0.05) is 31.9 Å². The van der Waals surface area contributed by atoms with Gasteiger partial charge in [0.05, 0.1) is 0 Å². The Hall–Kier alpha value is -0.850. The first-order valence-corrected chi connectivity index (χ1v) is 6.95. The first kappa shape index (κ1) is 19.1. The summed E-state index contributed by atoms with van der Waals surface area (Å²) in [4.78, 5) is 4.15. The van der Waals surface area contributed by atoms with E-state index in [1.807, 2.05) is 6.07 Å². The van der Waals surface area contributed by atoms with Crippen LogP contribution in [0.3, 0.4) is 0 Å². The van der Waals surface area contributed by atoms with Crippen LogP contribution in [0, 0.1) is 5.82 Å². The molecular formula is C15H25FIN3. The molecule has 5 heteroatoms. The third-order valence-electron chi connectivity index (χ3n) is 2.89. The normalized spacial score (nSPS) is 10.8. The van der Waals surface area contributed by atoms with E-state index >= 15 is 0 Å². The van der Waals surface area contributed by atoms with Crippen LogP contribution >= 0.6 is 24.0 Å². The molecule has 1 rings (SSSR count). The first-order chi connectivity index (χ1) is 9.26. The summed E-state index contributed by atoms with van der Waals surface area (Å²) in [5, 5.41) is 6.50. The number of aliphatic imine (C=N–C) groups is 1. The van der Waals surface area contributed by atoms with Crippen molar-refractivity contribution in [2.45, 2.75) is 32.6 Å². The lowest BCUT2D eigenvalue weighted by Gasteiger charge is -2.11. The fraction of sp³-hybridized carbons (Fsp3) is 0.533. The number of guanidine groups is 1. The summed E-state index contributed by atoms with van der Waals surface area (Å²) >= 11 is 0. The number of benzene rings is 1. The molecule has 1 aromatic carbocycles. The largest absolute Gasteiger partial charge is 0.356 e. The van der Waals surface area contributed by atoms with Crippen molar-refractivity contribution in [2.24, 2.45) is 4.99 Å². The fourth-order valence-electron chi connectivity index (χ4n) is 1.82. The molecule has 114 valence electrons. The molecule has 0 saturated heterocycles. The highest BCUT2D eigenvalue weighted by molar-refractivity contribution is 14.0. The van der Waals surface area contributed by atoms with Gasteiger partial charge in [0.1, 0.15) is 5.82 Å². The van der Waals surface area contributed by atoms with Gasteiger partial charge in [-0.2, -0.15) is 0 Å². The standard InChI is InChI=1S/C15H24FN3.HI/c1-3-4-5-10-18-15(17-2)19-11-9-13-7-6-8-14(16)12-13;/h6-8,12H,3-5,9-11H2,1-2H3,(H2,17,18,19);1H. The van der Waals surface area contributed by atoms with Gasteiger partial charge in [0.2, 0.25) is 0 Å². The Morgan fingerprint density at radius 2 is 1.95 bits per heavy atom. The van der Waals surface area contributed by atoms with E-state index in [1.54, 1.807) is 19.2 Å². The minimum Gasteiger partial charge on any atom is -0.356 e. The Balaban J connectivity index is 0.00000361. The Bertz CT molecular complexity index is 396. The molecule has 0 amide bonds. The van der Waals surface area contributed by atoms with E-state index in [1.165, 1.54) is 18.9 Å². The quantitative estimate of drug-likeness (QED) is 0.323. The van der Waals surface area contributed by atoms with Crippen molar-refractivity contribution in [2.75, 3.05) is 20.1 Å². The van der Waals surface area contributed by atoms with Gasteiger partial charge in [0.25, 0.3) is 0 Å². The van der Waals surface area contributed by atoms with Crippen LogP contribution < -0.4 is 10.6 Å². The first-order valence-electron chi connectivity index (χ1n) is 6.95. The average Bonchev–Trinajstić information content (AvgIpc) is 2.41. The number of halogens is 2. The van der Waals surface area contributed by atoms with Crippen LogP contribution in [-0.4, -0.2) is 26.1 Å². The van der Waals surface area contributed by atoms with Crippen molar-refractivity contribution < 1.29 is 4.39 Å². The van der Waals surface area contributed by atoms with Gasteiger partial charge in [-0.15, -0.1) is 24.0 Å². The third-order valence-corrected chi connectivity index (χ3v) is 2.89. The van der Waals surface area contributed by atoms with E-state index in [2.05, 4.69) is 22.5 Å². The minimum absolute atomic E-state index is 0. The Labute approximate surface area is 138 Å². The topological polar surface area (TPSA) is 36.4 Å². The molecule has 0 unspecified atom stereocenters. The van der Waals surface area contributed by atoms with Gasteiger partial charge < -0.3 is 10.6 Å². The van der Waals surface area contributed by atoms with Gasteiger partial charge in [-0.25, -0.2) is 4.39 Å². The molecule has 0 aliphatic carbocycles. The zero-order chi connectivity index (χ0) is 13.9. The van der Waals surface area contributed by atoms with Crippen molar-refractivity contribution in [3.05, 3.63) is 35.6 Å². The molecule has 0 aliphatic rings. The van der Waals surface area contributed by atoms with Crippen LogP contribution in [0.5, 0.6) is 0 Å². The minimum atomic E-state index is -0.181. The molecule has 0 aliphatic heterocycles. The van der Waals surface area contributed by atoms with E-state index in [-0.39, 0.29) is 29.8 Å². The lowest BCUT2D eigenvalue weighted by Crippen LogP contribution is -2.38. The molecule has 0 saturated carbocycles. The highest BCUT2D eigenvalue weighted by Gasteiger charge is 1.98. The third kappa shape index (κ3) is 8.35. The van der Waals surface area contributed by atoms with Gasteiger partial charge >= 0.3 is 0 Å². The molecule has 20 heavy (non-hydrogen) atoms. The summed E-state index contributed by atoms with van der Waals surface area (Å²) in [6.45, 7) is 3.87. The van der Waals surface area contributed by atoms with E-state index in [0.717, 1.165) is 37.5 Å². The Morgan fingerprint density at radius 3 is 2.60 bits per heavy atom. The second-order valence-electron chi connectivity index (χ2n) is 4.51. The molecular weight excluding hydrogens is 368 g/mol. The monoisotopic (exact) mass is 393 g/mol. The fourth-order valence-corrected chi connectivity index (χ4v) is 1.82. The van der Waals surface area contributed by atoms with Gasteiger partial charge in [-0.3, -0.25) is 4.99 Å².